The van der Waals surface area contributed by atoms with Gasteiger partial charge in [-0.1, -0.05) is 19.1 Å². The van der Waals surface area contributed by atoms with Gasteiger partial charge in [0.15, 0.2) is 19.7 Å². The fourth-order valence-electron chi connectivity index (χ4n) is 3.66. The summed E-state index contributed by atoms with van der Waals surface area (Å²) in [4.78, 5) is 0.0725. The minimum absolute atomic E-state index is 0.0715. The molecule has 3 rings (SSSR count). The summed E-state index contributed by atoms with van der Waals surface area (Å²) in [6.07, 6.45) is 1.17. The number of hydrogen-bond acceptors (Lipinski definition) is 6. The van der Waals surface area contributed by atoms with Gasteiger partial charge < -0.3 is 0 Å². The maximum Gasteiger partial charge on any atom is 0.243 e. The molecule has 0 aromatic heterocycles. The van der Waals surface area contributed by atoms with Crippen LogP contribution in [0.15, 0.2) is 29.2 Å². The molecule has 0 amide bonds. The Morgan fingerprint density at radius 3 is 1.73 bits per heavy atom. The number of nitrogens with zero attached hydrogens (tertiary/aromatic N) is 1. The summed E-state index contributed by atoms with van der Waals surface area (Å²) in [5, 5.41) is 0. The maximum atomic E-state index is 13.3. The summed E-state index contributed by atoms with van der Waals surface area (Å²) in [6, 6.07) is 5.04. The molecule has 0 spiro atoms. The Balaban J connectivity index is 2.01. The molecule has 10 heteroatoms. The van der Waals surface area contributed by atoms with Crippen LogP contribution in [-0.4, -0.2) is 64.7 Å². The monoisotopic (exact) mass is 421 g/mol. The minimum Gasteiger partial charge on any atom is -0.229 e. The van der Waals surface area contributed by atoms with Gasteiger partial charge in [-0.25, -0.2) is 25.3 Å². The van der Waals surface area contributed by atoms with E-state index in [1.54, 1.807) is 12.1 Å². The smallest absolute Gasteiger partial charge is 0.229 e. The molecule has 146 valence electrons. The van der Waals surface area contributed by atoms with Crippen molar-refractivity contribution >= 4 is 29.7 Å². The van der Waals surface area contributed by atoms with Crippen LogP contribution in [0.4, 0.5) is 0 Å². The lowest BCUT2D eigenvalue weighted by molar-refractivity contribution is 0.280. The molecular formula is C16H23NO6S3. The van der Waals surface area contributed by atoms with Gasteiger partial charge in [0.1, 0.15) is 0 Å². The molecule has 2 aliphatic heterocycles. The molecule has 2 atom stereocenters. The zero-order valence-electron chi connectivity index (χ0n) is 14.5. The summed E-state index contributed by atoms with van der Waals surface area (Å²) in [5.74, 6) is -0.651. The van der Waals surface area contributed by atoms with Crippen LogP contribution in [0, 0.1) is 0 Å². The predicted octanol–water partition coefficient (Wildman–Crippen LogP) is 0.614. The fraction of sp³-hybridized carbons (Fsp3) is 0.625. The molecule has 0 N–H and O–H groups in total. The van der Waals surface area contributed by atoms with E-state index in [1.165, 1.54) is 16.4 Å². The Kier molecular flexibility index (Phi) is 5.24. The maximum absolute atomic E-state index is 13.3. The summed E-state index contributed by atoms with van der Waals surface area (Å²) in [6.45, 7) is 1.96. The normalized spacial score (nSPS) is 27.8. The molecule has 7 nitrogen and oxygen atoms in total. The number of sulfonamides is 1. The number of aryl methyl sites for hydroxylation is 1. The van der Waals surface area contributed by atoms with Crippen LogP contribution in [0.5, 0.6) is 0 Å². The van der Waals surface area contributed by atoms with Crippen LogP contribution in [0.1, 0.15) is 25.3 Å². The lowest BCUT2D eigenvalue weighted by Crippen LogP contribution is -2.48. The molecule has 1 aromatic rings. The molecule has 0 aliphatic carbocycles. The van der Waals surface area contributed by atoms with Crippen molar-refractivity contribution in [2.45, 2.75) is 43.2 Å². The van der Waals surface area contributed by atoms with E-state index in [2.05, 4.69) is 0 Å². The Morgan fingerprint density at radius 2 is 1.38 bits per heavy atom. The first kappa shape index (κ1) is 19.8. The summed E-state index contributed by atoms with van der Waals surface area (Å²) in [5.41, 5.74) is 0.988. The Bertz CT molecular complexity index is 937. The van der Waals surface area contributed by atoms with E-state index in [1.807, 2.05) is 6.92 Å². The standard InChI is InChI=1S/C16H23NO6S3/c1-2-13-3-5-16(6-4-13)26(22,23)17(14-7-9-24(18,19)11-14)15-8-10-25(20,21)12-15/h3-6,14-15H,2,7-12H2,1H3/t14-,15+. The first-order valence-electron chi connectivity index (χ1n) is 8.57. The minimum atomic E-state index is -3.99. The largest absolute Gasteiger partial charge is 0.243 e. The van der Waals surface area contributed by atoms with Gasteiger partial charge in [0, 0.05) is 12.1 Å². The fourth-order valence-corrected chi connectivity index (χ4v) is 9.14. The van der Waals surface area contributed by atoms with E-state index in [-0.39, 0.29) is 40.7 Å². The lowest BCUT2D eigenvalue weighted by atomic mass is 10.2. The van der Waals surface area contributed by atoms with Gasteiger partial charge in [-0.3, -0.25) is 0 Å². The first-order chi connectivity index (χ1) is 12.0. The first-order valence-corrected chi connectivity index (χ1v) is 13.7. The van der Waals surface area contributed by atoms with Crippen molar-refractivity contribution in [3.63, 3.8) is 0 Å². The van der Waals surface area contributed by atoms with Crippen molar-refractivity contribution in [3.8, 4) is 0 Å². The molecule has 2 fully saturated rings. The summed E-state index contributed by atoms with van der Waals surface area (Å²) < 4.78 is 75.3. The highest BCUT2D eigenvalue weighted by Gasteiger charge is 2.45. The number of hydrogen-bond donors (Lipinski definition) is 0. The quantitative estimate of drug-likeness (QED) is 0.690. The average molecular weight is 422 g/mol. The van der Waals surface area contributed by atoms with Gasteiger partial charge in [0.25, 0.3) is 0 Å². The van der Waals surface area contributed by atoms with Crippen molar-refractivity contribution in [2.24, 2.45) is 0 Å². The van der Waals surface area contributed by atoms with Crippen LogP contribution in [-0.2, 0) is 36.1 Å². The number of rotatable bonds is 5. The molecule has 0 saturated carbocycles. The summed E-state index contributed by atoms with van der Waals surface area (Å²) >= 11 is 0. The van der Waals surface area contributed by atoms with Crippen LogP contribution in [0.3, 0.4) is 0 Å². The molecule has 0 unspecified atom stereocenters. The molecule has 2 heterocycles. The second-order valence-corrected chi connectivity index (χ2v) is 13.2. The van der Waals surface area contributed by atoms with E-state index >= 15 is 0 Å². The third kappa shape index (κ3) is 3.97. The Morgan fingerprint density at radius 1 is 0.923 bits per heavy atom. The average Bonchev–Trinajstić information content (AvgIpc) is 3.09. The van der Waals surface area contributed by atoms with Crippen molar-refractivity contribution in [3.05, 3.63) is 29.8 Å². The van der Waals surface area contributed by atoms with E-state index < -0.39 is 41.8 Å². The van der Waals surface area contributed by atoms with Gasteiger partial charge in [-0.2, -0.15) is 4.31 Å². The highest BCUT2D eigenvalue weighted by Crippen LogP contribution is 2.31. The highest BCUT2D eigenvalue weighted by molar-refractivity contribution is 7.92. The molecule has 0 bridgehead atoms. The SMILES string of the molecule is CCc1ccc(S(=O)(=O)N([C@@H]2CCS(=O)(=O)C2)[C@H]2CCS(=O)(=O)C2)cc1. The number of benzene rings is 1. The second kappa shape index (κ2) is 6.88. The van der Waals surface area contributed by atoms with Crippen LogP contribution in [0.2, 0.25) is 0 Å². The van der Waals surface area contributed by atoms with Crippen molar-refractivity contribution in [2.75, 3.05) is 23.0 Å². The van der Waals surface area contributed by atoms with Gasteiger partial charge in [0.2, 0.25) is 10.0 Å². The van der Waals surface area contributed by atoms with Gasteiger partial charge in [0.05, 0.1) is 27.9 Å². The van der Waals surface area contributed by atoms with E-state index in [0.29, 0.717) is 0 Å². The topological polar surface area (TPSA) is 106 Å². The van der Waals surface area contributed by atoms with Crippen LogP contribution < -0.4 is 0 Å². The Labute approximate surface area is 155 Å². The van der Waals surface area contributed by atoms with E-state index in [4.69, 9.17) is 0 Å². The third-order valence-corrected chi connectivity index (χ3v) is 10.6. The zero-order chi connectivity index (χ0) is 19.2. The lowest BCUT2D eigenvalue weighted by Gasteiger charge is -2.32. The highest BCUT2D eigenvalue weighted by atomic mass is 32.2. The van der Waals surface area contributed by atoms with Crippen LogP contribution in [0.25, 0.3) is 0 Å². The molecule has 26 heavy (non-hydrogen) atoms. The van der Waals surface area contributed by atoms with Gasteiger partial charge in [-0.15, -0.1) is 0 Å². The number of sulfone groups is 2. The van der Waals surface area contributed by atoms with Gasteiger partial charge in [-0.05, 0) is 37.0 Å². The third-order valence-electron chi connectivity index (χ3n) is 5.04. The van der Waals surface area contributed by atoms with Gasteiger partial charge >= 0.3 is 0 Å². The molecular weight excluding hydrogens is 398 g/mol. The Hall–Kier alpha value is -0.970. The summed E-state index contributed by atoms with van der Waals surface area (Å²) in [7, 11) is -10.6. The molecule has 0 radical (unpaired) electrons. The van der Waals surface area contributed by atoms with E-state index in [0.717, 1.165) is 12.0 Å². The van der Waals surface area contributed by atoms with Crippen LogP contribution >= 0.6 is 0 Å². The predicted molar refractivity (Wildman–Crippen MR) is 99.0 cm³/mol. The van der Waals surface area contributed by atoms with Crippen molar-refractivity contribution < 1.29 is 25.3 Å². The molecule has 2 saturated heterocycles. The van der Waals surface area contributed by atoms with Crippen molar-refractivity contribution in [1.82, 2.24) is 4.31 Å². The molecule has 1 aromatic carbocycles. The zero-order valence-corrected chi connectivity index (χ0v) is 17.0. The second-order valence-electron chi connectivity index (χ2n) is 6.95. The van der Waals surface area contributed by atoms with Crippen molar-refractivity contribution in [1.29, 1.82) is 0 Å². The van der Waals surface area contributed by atoms with E-state index in [9.17, 15) is 25.3 Å². The molecule has 2 aliphatic rings.